The molecular weight excluding hydrogens is 380 g/mol. The highest BCUT2D eigenvalue weighted by molar-refractivity contribution is 6.32. The third kappa shape index (κ3) is 4.11. The number of hydrogen-bond acceptors (Lipinski definition) is 5. The molecule has 3 heterocycles. The third-order valence-corrected chi connectivity index (χ3v) is 4.93. The number of furan rings is 1. The number of para-hydroxylation sites is 1. The molecule has 3 aromatic rings. The van der Waals surface area contributed by atoms with E-state index in [1.54, 1.807) is 35.2 Å². The summed E-state index contributed by atoms with van der Waals surface area (Å²) in [5, 5.41) is 8.04. The van der Waals surface area contributed by atoms with E-state index in [-0.39, 0.29) is 5.91 Å². The van der Waals surface area contributed by atoms with E-state index in [4.69, 9.17) is 20.8 Å². The maximum Gasteiger partial charge on any atom is 0.270 e. The van der Waals surface area contributed by atoms with Crippen LogP contribution in [-0.4, -0.2) is 60.0 Å². The van der Waals surface area contributed by atoms with Crippen LogP contribution in [-0.2, 0) is 4.74 Å². The van der Waals surface area contributed by atoms with Crippen molar-refractivity contribution in [1.82, 2.24) is 20.0 Å². The maximum absolute atomic E-state index is 12.9. The number of benzene rings is 1. The van der Waals surface area contributed by atoms with Crippen LogP contribution >= 0.6 is 11.6 Å². The molecule has 4 rings (SSSR count). The van der Waals surface area contributed by atoms with Crippen LogP contribution in [0.25, 0.3) is 17.1 Å². The first-order chi connectivity index (χ1) is 13.7. The van der Waals surface area contributed by atoms with Gasteiger partial charge in [0.25, 0.3) is 5.91 Å². The summed E-state index contributed by atoms with van der Waals surface area (Å²) in [4.78, 5) is 15.2. The van der Waals surface area contributed by atoms with Gasteiger partial charge in [-0.05, 0) is 24.3 Å². The molecule has 2 aromatic heterocycles. The summed E-state index contributed by atoms with van der Waals surface area (Å²) in [5.74, 6) is 0.381. The SMILES string of the molecule is O=C(NCCN1CCOCC1)c1cc(-c2ccco2)nn1-c1ccccc1Cl. The van der Waals surface area contributed by atoms with Crippen molar-refractivity contribution in [2.24, 2.45) is 0 Å². The summed E-state index contributed by atoms with van der Waals surface area (Å²) in [6.45, 7) is 4.56. The molecule has 0 spiro atoms. The number of nitrogens with zero attached hydrogens (tertiary/aromatic N) is 3. The Balaban J connectivity index is 1.56. The van der Waals surface area contributed by atoms with Crippen LogP contribution in [0.1, 0.15) is 10.5 Å². The van der Waals surface area contributed by atoms with Crippen molar-refractivity contribution in [2.45, 2.75) is 0 Å². The fourth-order valence-electron chi connectivity index (χ4n) is 3.14. The van der Waals surface area contributed by atoms with Crippen molar-refractivity contribution < 1.29 is 13.9 Å². The molecule has 7 nitrogen and oxygen atoms in total. The van der Waals surface area contributed by atoms with Gasteiger partial charge >= 0.3 is 0 Å². The average Bonchev–Trinajstić information content (AvgIpc) is 3.39. The molecule has 1 fully saturated rings. The smallest absolute Gasteiger partial charge is 0.270 e. The molecule has 0 radical (unpaired) electrons. The highest BCUT2D eigenvalue weighted by Crippen LogP contribution is 2.25. The van der Waals surface area contributed by atoms with Crippen molar-refractivity contribution in [3.05, 3.63) is 59.4 Å². The van der Waals surface area contributed by atoms with Gasteiger partial charge in [0, 0.05) is 32.2 Å². The van der Waals surface area contributed by atoms with Gasteiger partial charge < -0.3 is 14.5 Å². The van der Waals surface area contributed by atoms with Gasteiger partial charge in [-0.1, -0.05) is 23.7 Å². The Morgan fingerprint density at radius 3 is 2.75 bits per heavy atom. The van der Waals surface area contributed by atoms with Crippen LogP contribution < -0.4 is 5.32 Å². The minimum atomic E-state index is -0.210. The quantitative estimate of drug-likeness (QED) is 0.688. The zero-order valence-corrected chi connectivity index (χ0v) is 16.1. The summed E-state index contributed by atoms with van der Waals surface area (Å²) in [5.41, 5.74) is 1.62. The number of ether oxygens (including phenoxy) is 1. The van der Waals surface area contributed by atoms with Gasteiger partial charge in [-0.25, -0.2) is 4.68 Å². The Morgan fingerprint density at radius 2 is 2.00 bits per heavy atom. The van der Waals surface area contributed by atoms with E-state index in [1.807, 2.05) is 18.2 Å². The van der Waals surface area contributed by atoms with E-state index in [9.17, 15) is 4.79 Å². The molecule has 28 heavy (non-hydrogen) atoms. The fraction of sp³-hybridized carbons (Fsp3) is 0.300. The first-order valence-corrected chi connectivity index (χ1v) is 9.57. The summed E-state index contributed by atoms with van der Waals surface area (Å²) >= 11 is 6.34. The van der Waals surface area contributed by atoms with Crippen LogP contribution in [0.2, 0.25) is 5.02 Å². The largest absolute Gasteiger partial charge is 0.463 e. The predicted octanol–water partition coefficient (Wildman–Crippen LogP) is 2.85. The summed E-state index contributed by atoms with van der Waals surface area (Å²) in [6, 6.07) is 12.6. The van der Waals surface area contributed by atoms with E-state index in [1.165, 1.54) is 0 Å². The van der Waals surface area contributed by atoms with Gasteiger partial charge in [-0.3, -0.25) is 9.69 Å². The van der Waals surface area contributed by atoms with E-state index < -0.39 is 0 Å². The number of carbonyl (C=O) groups is 1. The molecule has 1 aromatic carbocycles. The van der Waals surface area contributed by atoms with Crippen molar-refractivity contribution in [3.8, 4) is 17.1 Å². The molecule has 1 N–H and O–H groups in total. The molecule has 1 amide bonds. The molecule has 1 saturated heterocycles. The van der Waals surface area contributed by atoms with Crippen molar-refractivity contribution in [2.75, 3.05) is 39.4 Å². The number of aromatic nitrogens is 2. The number of hydrogen-bond donors (Lipinski definition) is 1. The standard InChI is InChI=1S/C20H21ClN4O3/c21-15-4-1-2-5-17(15)25-18(14-16(23-25)19-6-3-11-28-19)20(26)22-7-8-24-9-12-27-13-10-24/h1-6,11,14H,7-10,12-13H2,(H,22,26). The molecule has 0 aliphatic carbocycles. The van der Waals surface area contributed by atoms with E-state index in [0.29, 0.717) is 34.4 Å². The molecule has 146 valence electrons. The highest BCUT2D eigenvalue weighted by atomic mass is 35.5. The fourth-order valence-corrected chi connectivity index (χ4v) is 3.35. The number of amides is 1. The number of nitrogens with one attached hydrogen (secondary N) is 1. The van der Waals surface area contributed by atoms with Crippen LogP contribution in [0.3, 0.4) is 0 Å². The van der Waals surface area contributed by atoms with E-state index in [2.05, 4.69) is 15.3 Å². The number of morpholine rings is 1. The van der Waals surface area contributed by atoms with Crippen molar-refractivity contribution in [3.63, 3.8) is 0 Å². The molecule has 0 atom stereocenters. The Morgan fingerprint density at radius 1 is 1.18 bits per heavy atom. The van der Waals surface area contributed by atoms with Gasteiger partial charge in [-0.15, -0.1) is 0 Å². The van der Waals surface area contributed by atoms with Gasteiger partial charge in [0.1, 0.15) is 11.4 Å². The lowest BCUT2D eigenvalue weighted by molar-refractivity contribution is 0.0383. The summed E-state index contributed by atoms with van der Waals surface area (Å²) < 4.78 is 12.3. The predicted molar refractivity (Wildman–Crippen MR) is 106 cm³/mol. The van der Waals surface area contributed by atoms with Gasteiger partial charge in [0.2, 0.25) is 0 Å². The number of carbonyl (C=O) groups excluding carboxylic acids is 1. The molecule has 1 aliphatic rings. The molecule has 1 aliphatic heterocycles. The number of halogens is 1. The minimum absolute atomic E-state index is 0.210. The zero-order valence-electron chi connectivity index (χ0n) is 15.3. The lowest BCUT2D eigenvalue weighted by atomic mass is 10.2. The maximum atomic E-state index is 12.9. The van der Waals surface area contributed by atoms with Crippen LogP contribution in [0.15, 0.2) is 53.1 Å². The van der Waals surface area contributed by atoms with Crippen molar-refractivity contribution >= 4 is 17.5 Å². The topological polar surface area (TPSA) is 72.5 Å². The van der Waals surface area contributed by atoms with Crippen molar-refractivity contribution in [1.29, 1.82) is 0 Å². The van der Waals surface area contributed by atoms with Gasteiger partial charge in [-0.2, -0.15) is 5.10 Å². The van der Waals surface area contributed by atoms with Crippen LogP contribution in [0, 0.1) is 0 Å². The first-order valence-electron chi connectivity index (χ1n) is 9.19. The van der Waals surface area contributed by atoms with Crippen LogP contribution in [0.5, 0.6) is 0 Å². The van der Waals surface area contributed by atoms with Gasteiger partial charge in [0.05, 0.1) is 30.2 Å². The molecule has 0 bridgehead atoms. The Labute approximate surface area is 167 Å². The third-order valence-electron chi connectivity index (χ3n) is 4.61. The first kappa shape index (κ1) is 18.7. The zero-order chi connectivity index (χ0) is 19.3. The lowest BCUT2D eigenvalue weighted by Crippen LogP contribution is -2.41. The number of rotatable bonds is 6. The second kappa shape index (κ2) is 8.60. The summed E-state index contributed by atoms with van der Waals surface area (Å²) in [6.07, 6.45) is 1.58. The Bertz CT molecular complexity index is 933. The van der Waals surface area contributed by atoms with E-state index >= 15 is 0 Å². The average molecular weight is 401 g/mol. The minimum Gasteiger partial charge on any atom is -0.463 e. The molecule has 8 heteroatoms. The van der Waals surface area contributed by atoms with Gasteiger partial charge in [0.15, 0.2) is 5.76 Å². The van der Waals surface area contributed by atoms with E-state index in [0.717, 1.165) is 32.8 Å². The Kier molecular flexibility index (Phi) is 5.76. The molecular formula is C20H21ClN4O3. The Hall–Kier alpha value is -2.61. The second-order valence-electron chi connectivity index (χ2n) is 6.47. The van der Waals surface area contributed by atoms with Crippen LogP contribution in [0.4, 0.5) is 0 Å². The summed E-state index contributed by atoms with van der Waals surface area (Å²) in [7, 11) is 0. The highest BCUT2D eigenvalue weighted by Gasteiger charge is 2.20. The monoisotopic (exact) mass is 400 g/mol. The molecule has 0 saturated carbocycles. The second-order valence-corrected chi connectivity index (χ2v) is 6.87. The normalized spacial score (nSPS) is 14.9. The molecule has 0 unspecified atom stereocenters. The lowest BCUT2D eigenvalue weighted by Gasteiger charge is -2.26.